The molecular formula is C19H18ClN5O. The van der Waals surface area contributed by atoms with Crippen molar-refractivity contribution >= 4 is 22.5 Å². The molecule has 0 saturated heterocycles. The number of aromatic nitrogens is 4. The maximum atomic E-state index is 11.9. The van der Waals surface area contributed by atoms with Crippen LogP contribution in [0.3, 0.4) is 0 Å². The molecule has 0 radical (unpaired) electrons. The Bertz CT molecular complexity index is 1030. The second kappa shape index (κ2) is 7.95. The Morgan fingerprint density at radius 1 is 1.12 bits per heavy atom. The van der Waals surface area contributed by atoms with Gasteiger partial charge in [0, 0.05) is 16.8 Å². The second-order valence-electron chi connectivity index (χ2n) is 5.73. The van der Waals surface area contributed by atoms with Gasteiger partial charge in [0.25, 0.3) is 5.56 Å². The molecule has 0 amide bonds. The van der Waals surface area contributed by atoms with Crippen LogP contribution in [0.5, 0.6) is 0 Å². The lowest BCUT2D eigenvalue weighted by molar-refractivity contribution is 0.913. The molecule has 4 N–H and O–H groups in total. The average Bonchev–Trinajstić information content (AvgIpc) is 3.19. The van der Waals surface area contributed by atoms with Gasteiger partial charge < -0.3 is 10.7 Å². The van der Waals surface area contributed by atoms with E-state index in [1.54, 1.807) is 18.5 Å². The van der Waals surface area contributed by atoms with Crippen molar-refractivity contribution in [3.05, 3.63) is 81.6 Å². The van der Waals surface area contributed by atoms with Crippen molar-refractivity contribution in [1.29, 1.82) is 0 Å². The molecule has 2 heterocycles. The van der Waals surface area contributed by atoms with Crippen LogP contribution in [0.25, 0.3) is 22.0 Å². The van der Waals surface area contributed by atoms with Crippen molar-refractivity contribution in [3.8, 4) is 11.1 Å². The minimum absolute atomic E-state index is 0.175. The number of fused-ring (bicyclic) bond motifs is 1. The minimum Gasteiger partial charge on any atom is -0.324 e. The lowest BCUT2D eigenvalue weighted by Crippen LogP contribution is -2.14. The quantitative estimate of drug-likeness (QED) is 0.505. The predicted octanol–water partition coefficient (Wildman–Crippen LogP) is 3.42. The number of H-pyrrole nitrogens is 2. The summed E-state index contributed by atoms with van der Waals surface area (Å²) in [5.41, 5.74) is 9.04. The summed E-state index contributed by atoms with van der Waals surface area (Å²) in [5, 5.41) is 7.97. The molecule has 0 bridgehead atoms. The van der Waals surface area contributed by atoms with E-state index in [0.717, 1.165) is 16.1 Å². The topological polar surface area (TPSA) is 100 Å². The summed E-state index contributed by atoms with van der Waals surface area (Å²) in [4.78, 5) is 18.8. The first-order chi connectivity index (χ1) is 12.6. The molecule has 0 spiro atoms. The van der Waals surface area contributed by atoms with Gasteiger partial charge in [0.2, 0.25) is 0 Å². The van der Waals surface area contributed by atoms with E-state index in [4.69, 9.17) is 17.3 Å². The van der Waals surface area contributed by atoms with Crippen molar-refractivity contribution in [2.24, 2.45) is 5.73 Å². The molecule has 26 heavy (non-hydrogen) atoms. The summed E-state index contributed by atoms with van der Waals surface area (Å²) >= 11 is 5.61. The van der Waals surface area contributed by atoms with Crippen LogP contribution >= 0.6 is 11.6 Å². The molecule has 0 atom stereocenters. The SMILES string of the molecule is Cc1ccc(Cl)cc1.NCc1nc2ccc(-c3cn[nH]c3)cc2c(=O)[nH]1. The van der Waals surface area contributed by atoms with Crippen molar-refractivity contribution in [1.82, 2.24) is 20.2 Å². The van der Waals surface area contributed by atoms with E-state index in [-0.39, 0.29) is 12.1 Å². The normalized spacial score (nSPS) is 10.4. The van der Waals surface area contributed by atoms with Gasteiger partial charge in [-0.3, -0.25) is 9.89 Å². The fourth-order valence-corrected chi connectivity index (χ4v) is 2.53. The molecule has 2 aromatic heterocycles. The molecule has 6 nitrogen and oxygen atoms in total. The number of halogens is 1. The van der Waals surface area contributed by atoms with Crippen LogP contribution in [0.1, 0.15) is 11.4 Å². The number of nitrogens with zero attached hydrogens (tertiary/aromatic N) is 2. The molecule has 0 fully saturated rings. The smallest absolute Gasteiger partial charge is 0.258 e. The zero-order valence-electron chi connectivity index (χ0n) is 14.2. The van der Waals surface area contributed by atoms with Crippen LogP contribution < -0.4 is 11.3 Å². The molecule has 7 heteroatoms. The third-order valence-corrected chi connectivity index (χ3v) is 4.04. The fraction of sp³-hybridized carbons (Fsp3) is 0.105. The Morgan fingerprint density at radius 3 is 2.50 bits per heavy atom. The highest BCUT2D eigenvalue weighted by atomic mass is 35.5. The first-order valence-electron chi connectivity index (χ1n) is 8.01. The van der Waals surface area contributed by atoms with Crippen LogP contribution in [-0.2, 0) is 6.54 Å². The van der Waals surface area contributed by atoms with Crippen LogP contribution in [-0.4, -0.2) is 20.2 Å². The molecule has 0 unspecified atom stereocenters. The van der Waals surface area contributed by atoms with Crippen LogP contribution in [0.4, 0.5) is 0 Å². The van der Waals surface area contributed by atoms with E-state index < -0.39 is 0 Å². The zero-order valence-corrected chi connectivity index (χ0v) is 14.9. The van der Waals surface area contributed by atoms with Gasteiger partial charge in [-0.15, -0.1) is 0 Å². The summed E-state index contributed by atoms with van der Waals surface area (Å²) in [7, 11) is 0. The number of nitrogens with one attached hydrogen (secondary N) is 2. The van der Waals surface area contributed by atoms with Gasteiger partial charge in [-0.05, 0) is 36.8 Å². The number of nitrogens with two attached hydrogens (primary N) is 1. The summed E-state index contributed by atoms with van der Waals surface area (Å²) in [6.07, 6.45) is 3.48. The number of hydrogen-bond acceptors (Lipinski definition) is 4. The lowest BCUT2D eigenvalue weighted by atomic mass is 10.1. The number of aryl methyl sites for hydroxylation is 1. The van der Waals surface area contributed by atoms with Crippen molar-refractivity contribution in [3.63, 3.8) is 0 Å². The average molecular weight is 368 g/mol. The molecule has 2 aromatic carbocycles. The maximum absolute atomic E-state index is 11.9. The van der Waals surface area contributed by atoms with Crippen LogP contribution in [0.15, 0.2) is 59.7 Å². The van der Waals surface area contributed by atoms with Gasteiger partial charge in [-0.1, -0.05) is 35.4 Å². The highest BCUT2D eigenvalue weighted by Crippen LogP contribution is 2.20. The lowest BCUT2D eigenvalue weighted by Gasteiger charge is -2.02. The molecular weight excluding hydrogens is 350 g/mol. The van der Waals surface area contributed by atoms with Crippen molar-refractivity contribution < 1.29 is 0 Å². The van der Waals surface area contributed by atoms with Gasteiger partial charge in [-0.25, -0.2) is 4.98 Å². The third kappa shape index (κ3) is 4.17. The van der Waals surface area contributed by atoms with E-state index in [0.29, 0.717) is 16.7 Å². The van der Waals surface area contributed by atoms with Crippen LogP contribution in [0, 0.1) is 6.92 Å². The Labute approximate surface area is 155 Å². The molecule has 0 saturated carbocycles. The second-order valence-corrected chi connectivity index (χ2v) is 6.17. The predicted molar refractivity (Wildman–Crippen MR) is 104 cm³/mol. The monoisotopic (exact) mass is 367 g/mol. The maximum Gasteiger partial charge on any atom is 0.258 e. The van der Waals surface area contributed by atoms with E-state index >= 15 is 0 Å². The number of benzene rings is 2. The van der Waals surface area contributed by atoms with E-state index in [2.05, 4.69) is 20.2 Å². The highest BCUT2D eigenvalue weighted by Gasteiger charge is 2.06. The number of hydrogen-bond donors (Lipinski definition) is 3. The van der Waals surface area contributed by atoms with Crippen molar-refractivity contribution in [2.45, 2.75) is 13.5 Å². The van der Waals surface area contributed by atoms with Gasteiger partial charge in [0.1, 0.15) is 5.82 Å². The number of aromatic amines is 2. The highest BCUT2D eigenvalue weighted by molar-refractivity contribution is 6.30. The molecule has 0 aliphatic carbocycles. The van der Waals surface area contributed by atoms with Crippen molar-refractivity contribution in [2.75, 3.05) is 0 Å². The Balaban J connectivity index is 0.000000206. The van der Waals surface area contributed by atoms with Crippen LogP contribution in [0.2, 0.25) is 5.02 Å². The molecule has 4 rings (SSSR count). The summed E-state index contributed by atoms with van der Waals surface area (Å²) in [6, 6.07) is 13.3. The fourth-order valence-electron chi connectivity index (χ4n) is 2.41. The van der Waals surface area contributed by atoms with E-state index in [9.17, 15) is 4.79 Å². The first kappa shape index (κ1) is 17.8. The van der Waals surface area contributed by atoms with Gasteiger partial charge >= 0.3 is 0 Å². The summed E-state index contributed by atoms with van der Waals surface area (Å²) < 4.78 is 0. The molecule has 4 aromatic rings. The minimum atomic E-state index is -0.175. The molecule has 132 valence electrons. The Kier molecular flexibility index (Phi) is 5.46. The molecule has 0 aliphatic rings. The van der Waals surface area contributed by atoms with Gasteiger partial charge in [0.05, 0.1) is 23.6 Å². The third-order valence-electron chi connectivity index (χ3n) is 3.79. The standard InChI is InChI=1S/C12H11N5O.C7H7Cl/c13-4-11-16-10-2-1-7(8-5-14-15-6-8)3-9(10)12(18)17-11;1-6-2-4-7(8)5-3-6/h1-3,5-6H,4,13H2,(H,14,15)(H,16,17,18);2-5H,1H3. The van der Waals surface area contributed by atoms with E-state index in [1.165, 1.54) is 5.56 Å². The van der Waals surface area contributed by atoms with E-state index in [1.807, 2.05) is 43.3 Å². The Hall–Kier alpha value is -2.96. The van der Waals surface area contributed by atoms with Gasteiger partial charge in [-0.2, -0.15) is 5.10 Å². The largest absolute Gasteiger partial charge is 0.324 e. The zero-order chi connectivity index (χ0) is 18.5. The summed E-state index contributed by atoms with van der Waals surface area (Å²) in [6.45, 7) is 2.25. The molecule has 0 aliphatic heterocycles. The first-order valence-corrected chi connectivity index (χ1v) is 8.39. The Morgan fingerprint density at radius 2 is 1.88 bits per heavy atom. The number of rotatable bonds is 2. The summed E-state index contributed by atoms with van der Waals surface area (Å²) in [5.74, 6) is 0.489. The van der Waals surface area contributed by atoms with Gasteiger partial charge in [0.15, 0.2) is 0 Å².